The van der Waals surface area contributed by atoms with Gasteiger partial charge in [-0.15, -0.1) is 0 Å². The molecular formula is C21H18F3N3O3. The van der Waals surface area contributed by atoms with Crippen molar-refractivity contribution in [3.8, 4) is 17.2 Å². The zero-order valence-corrected chi connectivity index (χ0v) is 15.7. The fourth-order valence-electron chi connectivity index (χ4n) is 3.10. The lowest BCUT2D eigenvalue weighted by Crippen LogP contribution is -2.19. The number of ether oxygens (including phenoxy) is 1. The van der Waals surface area contributed by atoms with E-state index in [4.69, 9.17) is 9.15 Å². The van der Waals surface area contributed by atoms with Gasteiger partial charge in [0.1, 0.15) is 11.9 Å². The van der Waals surface area contributed by atoms with Crippen LogP contribution in [0.25, 0.3) is 11.5 Å². The van der Waals surface area contributed by atoms with Gasteiger partial charge in [0.15, 0.2) is 5.69 Å². The van der Waals surface area contributed by atoms with Gasteiger partial charge in [-0.2, -0.15) is 13.2 Å². The Labute approximate surface area is 170 Å². The number of hydrogen-bond donors (Lipinski definition) is 2. The number of alkyl halides is 3. The Bertz CT molecular complexity index is 1010. The number of halogens is 3. The molecule has 0 aliphatic carbocycles. The summed E-state index contributed by atoms with van der Waals surface area (Å²) in [5.74, 6) is -2.11. The molecule has 1 atom stereocenters. The van der Waals surface area contributed by atoms with E-state index in [2.05, 4.69) is 15.6 Å². The second-order valence-electron chi connectivity index (χ2n) is 6.77. The zero-order chi connectivity index (χ0) is 21.1. The van der Waals surface area contributed by atoms with Gasteiger partial charge in [-0.05, 0) is 49.4 Å². The molecule has 156 valence electrons. The number of aromatic nitrogens is 1. The molecule has 1 aromatic heterocycles. The first-order valence-corrected chi connectivity index (χ1v) is 9.32. The highest BCUT2D eigenvalue weighted by Crippen LogP contribution is 2.35. The number of benzene rings is 2. The minimum Gasteiger partial charge on any atom is -0.489 e. The summed E-state index contributed by atoms with van der Waals surface area (Å²) >= 11 is 0. The van der Waals surface area contributed by atoms with Gasteiger partial charge in [-0.1, -0.05) is 18.2 Å². The summed E-state index contributed by atoms with van der Waals surface area (Å²) in [5, 5.41) is 5.62. The molecule has 9 heteroatoms. The third-order valence-electron chi connectivity index (χ3n) is 4.55. The van der Waals surface area contributed by atoms with Gasteiger partial charge in [0.05, 0.1) is 0 Å². The van der Waals surface area contributed by atoms with Crippen LogP contribution in [0.2, 0.25) is 0 Å². The van der Waals surface area contributed by atoms with Crippen molar-refractivity contribution in [1.82, 2.24) is 10.3 Å². The average Bonchev–Trinajstić information content (AvgIpc) is 3.40. The summed E-state index contributed by atoms with van der Waals surface area (Å²) in [7, 11) is 0. The standard InChI is InChI=1S/C21H18F3N3O3/c22-21(23,24)18-17(27-20(30-18)13-4-2-1-3-5-13)19(28)26-14-6-8-15(9-7-14)29-16-10-11-25-12-16/h1-9,16,25H,10-12H2,(H,26,28). The molecule has 3 aromatic rings. The van der Waals surface area contributed by atoms with Gasteiger partial charge in [-0.25, -0.2) is 4.98 Å². The number of nitrogens with one attached hydrogen (secondary N) is 2. The molecule has 0 saturated carbocycles. The largest absolute Gasteiger partial charge is 0.489 e. The van der Waals surface area contributed by atoms with E-state index in [1.54, 1.807) is 54.6 Å². The molecule has 0 bridgehead atoms. The highest BCUT2D eigenvalue weighted by molar-refractivity contribution is 6.04. The summed E-state index contributed by atoms with van der Waals surface area (Å²) in [6.45, 7) is 1.65. The predicted octanol–water partition coefficient (Wildman–Crippen LogP) is 4.35. The maximum absolute atomic E-state index is 13.4. The molecule has 6 nitrogen and oxygen atoms in total. The van der Waals surface area contributed by atoms with E-state index in [-0.39, 0.29) is 12.0 Å². The molecule has 2 heterocycles. The van der Waals surface area contributed by atoms with Gasteiger partial charge in [0, 0.05) is 17.8 Å². The second kappa shape index (κ2) is 8.19. The summed E-state index contributed by atoms with van der Waals surface area (Å²) < 4.78 is 50.8. The maximum Gasteiger partial charge on any atom is 0.452 e. The molecule has 30 heavy (non-hydrogen) atoms. The Kier molecular flexibility index (Phi) is 5.45. The average molecular weight is 417 g/mol. The number of hydrogen-bond acceptors (Lipinski definition) is 5. The van der Waals surface area contributed by atoms with Crippen molar-refractivity contribution in [2.45, 2.75) is 18.7 Å². The van der Waals surface area contributed by atoms with E-state index in [0.717, 1.165) is 19.5 Å². The summed E-state index contributed by atoms with van der Waals surface area (Å²) in [5.41, 5.74) is -0.169. The molecule has 4 rings (SSSR count). The molecule has 2 N–H and O–H groups in total. The monoisotopic (exact) mass is 417 g/mol. The number of anilines is 1. The lowest BCUT2D eigenvalue weighted by atomic mass is 10.2. The van der Waals surface area contributed by atoms with Crippen molar-refractivity contribution >= 4 is 11.6 Å². The lowest BCUT2D eigenvalue weighted by molar-refractivity contribution is -0.153. The summed E-state index contributed by atoms with van der Waals surface area (Å²) in [6.07, 6.45) is -3.89. The molecule has 1 amide bonds. The molecule has 1 fully saturated rings. The fraction of sp³-hybridized carbons (Fsp3) is 0.238. The Morgan fingerprint density at radius 1 is 1.13 bits per heavy atom. The lowest BCUT2D eigenvalue weighted by Gasteiger charge is -2.13. The van der Waals surface area contributed by atoms with Gasteiger partial charge in [-0.3, -0.25) is 4.79 Å². The molecule has 0 radical (unpaired) electrons. The first-order valence-electron chi connectivity index (χ1n) is 9.32. The van der Waals surface area contributed by atoms with Gasteiger partial charge in [0.25, 0.3) is 5.91 Å². The first-order chi connectivity index (χ1) is 14.4. The quantitative estimate of drug-likeness (QED) is 0.645. The number of rotatable bonds is 5. The topological polar surface area (TPSA) is 76.4 Å². The van der Waals surface area contributed by atoms with Crippen molar-refractivity contribution in [1.29, 1.82) is 0 Å². The van der Waals surface area contributed by atoms with Crippen molar-refractivity contribution in [3.63, 3.8) is 0 Å². The molecule has 0 spiro atoms. The minimum absolute atomic E-state index is 0.0753. The number of amides is 1. The van der Waals surface area contributed by atoms with Crippen LogP contribution in [0.15, 0.2) is 59.0 Å². The predicted molar refractivity (Wildman–Crippen MR) is 103 cm³/mol. The van der Waals surface area contributed by atoms with E-state index in [0.29, 0.717) is 17.0 Å². The van der Waals surface area contributed by atoms with Crippen LogP contribution in [-0.2, 0) is 6.18 Å². The van der Waals surface area contributed by atoms with E-state index >= 15 is 0 Å². The second-order valence-corrected chi connectivity index (χ2v) is 6.77. The molecule has 1 unspecified atom stereocenters. The van der Waals surface area contributed by atoms with Gasteiger partial charge >= 0.3 is 6.18 Å². The number of oxazole rings is 1. The van der Waals surface area contributed by atoms with Crippen LogP contribution >= 0.6 is 0 Å². The Hall–Kier alpha value is -3.33. The molecule has 1 aliphatic rings. The van der Waals surface area contributed by atoms with Crippen molar-refractivity contribution in [3.05, 3.63) is 66.1 Å². The molecular weight excluding hydrogens is 399 g/mol. The summed E-state index contributed by atoms with van der Waals surface area (Å²) in [6, 6.07) is 14.5. The summed E-state index contributed by atoms with van der Waals surface area (Å²) in [4.78, 5) is 16.3. The SMILES string of the molecule is O=C(Nc1ccc(OC2CCNC2)cc1)c1nc(-c2ccccc2)oc1C(F)(F)F. The van der Waals surface area contributed by atoms with E-state index in [1.165, 1.54) is 0 Å². The normalized spacial score (nSPS) is 16.4. The Morgan fingerprint density at radius 3 is 2.50 bits per heavy atom. The molecule has 1 aliphatic heterocycles. The highest BCUT2D eigenvalue weighted by atomic mass is 19.4. The van der Waals surface area contributed by atoms with E-state index in [9.17, 15) is 18.0 Å². The van der Waals surface area contributed by atoms with Crippen LogP contribution in [0, 0.1) is 0 Å². The Balaban J connectivity index is 1.53. The highest BCUT2D eigenvalue weighted by Gasteiger charge is 2.42. The minimum atomic E-state index is -4.86. The maximum atomic E-state index is 13.4. The number of carbonyl (C=O) groups is 1. The fourth-order valence-corrected chi connectivity index (χ4v) is 3.10. The van der Waals surface area contributed by atoms with Crippen LogP contribution in [0.4, 0.5) is 18.9 Å². The smallest absolute Gasteiger partial charge is 0.452 e. The van der Waals surface area contributed by atoms with E-state index in [1.807, 2.05) is 0 Å². The van der Waals surface area contributed by atoms with Crippen LogP contribution in [-0.4, -0.2) is 30.1 Å². The van der Waals surface area contributed by atoms with E-state index < -0.39 is 23.5 Å². The third-order valence-corrected chi connectivity index (χ3v) is 4.55. The van der Waals surface area contributed by atoms with Crippen LogP contribution in [0.3, 0.4) is 0 Å². The van der Waals surface area contributed by atoms with Gasteiger partial charge < -0.3 is 19.8 Å². The van der Waals surface area contributed by atoms with Crippen LogP contribution in [0.1, 0.15) is 22.7 Å². The van der Waals surface area contributed by atoms with Gasteiger partial charge in [0.2, 0.25) is 11.7 Å². The number of nitrogens with zero attached hydrogens (tertiary/aromatic N) is 1. The molecule has 1 saturated heterocycles. The number of carbonyl (C=O) groups excluding carboxylic acids is 1. The van der Waals surface area contributed by atoms with Crippen molar-refractivity contribution in [2.75, 3.05) is 18.4 Å². The first kappa shape index (κ1) is 20.0. The van der Waals surface area contributed by atoms with Crippen molar-refractivity contribution in [2.24, 2.45) is 0 Å². The van der Waals surface area contributed by atoms with Crippen LogP contribution in [0.5, 0.6) is 5.75 Å². The zero-order valence-electron chi connectivity index (χ0n) is 15.7. The van der Waals surface area contributed by atoms with Crippen LogP contribution < -0.4 is 15.4 Å². The Morgan fingerprint density at radius 2 is 1.87 bits per heavy atom. The molecule has 2 aromatic carbocycles. The third kappa shape index (κ3) is 4.46. The van der Waals surface area contributed by atoms with Crippen molar-refractivity contribution < 1.29 is 27.1 Å².